The lowest BCUT2D eigenvalue weighted by Gasteiger charge is -2.21. The fourth-order valence-corrected chi connectivity index (χ4v) is 2.26. The highest BCUT2D eigenvalue weighted by atomic mass is 127. The molecule has 0 radical (unpaired) electrons. The van der Waals surface area contributed by atoms with Gasteiger partial charge in [0.05, 0.1) is 6.10 Å². The number of hydrogen-bond acceptors (Lipinski definition) is 5. The van der Waals surface area contributed by atoms with E-state index in [1.54, 1.807) is 7.05 Å². The topological polar surface area (TPSA) is 84.6 Å². The summed E-state index contributed by atoms with van der Waals surface area (Å²) in [6.07, 6.45) is 2.93. The van der Waals surface area contributed by atoms with E-state index < -0.39 is 0 Å². The second kappa shape index (κ2) is 13.4. The average Bonchev–Trinajstić information content (AvgIpc) is 2.93. The first-order valence-corrected chi connectivity index (χ1v) is 8.42. The van der Waals surface area contributed by atoms with Gasteiger partial charge in [-0.05, 0) is 32.6 Å². The molecule has 0 fully saturated rings. The van der Waals surface area contributed by atoms with Gasteiger partial charge in [-0.15, -0.1) is 24.0 Å². The van der Waals surface area contributed by atoms with Gasteiger partial charge in [0.25, 0.3) is 0 Å². The fraction of sp³-hybridized carbons (Fsp3) is 0.812. The van der Waals surface area contributed by atoms with Crippen LogP contribution in [-0.2, 0) is 11.2 Å². The van der Waals surface area contributed by atoms with Crippen molar-refractivity contribution in [1.29, 1.82) is 0 Å². The van der Waals surface area contributed by atoms with Gasteiger partial charge >= 0.3 is 0 Å². The van der Waals surface area contributed by atoms with Crippen LogP contribution in [0.3, 0.4) is 0 Å². The predicted octanol–water partition coefficient (Wildman–Crippen LogP) is 2.54. The summed E-state index contributed by atoms with van der Waals surface area (Å²) in [4.78, 5) is 8.41. The number of aryl methyl sites for hydroxylation is 2. The maximum Gasteiger partial charge on any atom is 0.226 e. The normalized spacial score (nSPS) is 12.8. The Hall–Kier alpha value is -0.900. The lowest BCUT2D eigenvalue weighted by molar-refractivity contribution is 0.0258. The molecule has 1 atom stereocenters. The Morgan fingerprint density at radius 2 is 2.00 bits per heavy atom. The first kappa shape index (κ1) is 23.1. The number of nitrogens with zero attached hydrogens (tertiary/aromatic N) is 3. The largest absolute Gasteiger partial charge is 0.378 e. The molecular formula is C16H32IN5O2. The Morgan fingerprint density at radius 3 is 2.54 bits per heavy atom. The van der Waals surface area contributed by atoms with Gasteiger partial charge in [0.2, 0.25) is 5.89 Å². The van der Waals surface area contributed by atoms with E-state index in [0.29, 0.717) is 17.6 Å². The molecular weight excluding hydrogens is 421 g/mol. The Balaban J connectivity index is 0.00000529. The van der Waals surface area contributed by atoms with Crippen molar-refractivity contribution in [3.05, 3.63) is 11.7 Å². The zero-order valence-corrected chi connectivity index (χ0v) is 17.8. The van der Waals surface area contributed by atoms with E-state index in [-0.39, 0.29) is 30.1 Å². The van der Waals surface area contributed by atoms with E-state index in [0.717, 1.165) is 44.9 Å². The summed E-state index contributed by atoms with van der Waals surface area (Å²) in [5.41, 5.74) is 0. The number of ether oxygens (including phenoxy) is 1. The third-order valence-corrected chi connectivity index (χ3v) is 3.50. The highest BCUT2D eigenvalue weighted by Gasteiger charge is 2.12. The molecule has 1 rings (SSSR count). The van der Waals surface area contributed by atoms with Crippen molar-refractivity contribution in [2.24, 2.45) is 10.9 Å². The molecule has 0 bridgehead atoms. The van der Waals surface area contributed by atoms with E-state index in [2.05, 4.69) is 39.6 Å². The third-order valence-electron chi connectivity index (χ3n) is 3.50. The molecule has 1 aromatic heterocycles. The number of hydrogen-bond donors (Lipinski definition) is 2. The molecule has 0 aromatic carbocycles. The van der Waals surface area contributed by atoms with Gasteiger partial charge in [0.1, 0.15) is 0 Å². The highest BCUT2D eigenvalue weighted by Crippen LogP contribution is 2.09. The maximum atomic E-state index is 5.74. The minimum atomic E-state index is 0. The van der Waals surface area contributed by atoms with E-state index in [4.69, 9.17) is 9.26 Å². The van der Waals surface area contributed by atoms with Crippen LogP contribution in [0, 0.1) is 12.8 Å². The molecule has 1 unspecified atom stereocenters. The molecule has 0 saturated carbocycles. The molecule has 0 saturated heterocycles. The van der Waals surface area contributed by atoms with Gasteiger partial charge in [-0.2, -0.15) is 4.98 Å². The van der Waals surface area contributed by atoms with Crippen molar-refractivity contribution >= 4 is 29.9 Å². The molecule has 0 amide bonds. The van der Waals surface area contributed by atoms with Gasteiger partial charge in [-0.3, -0.25) is 4.99 Å². The Bertz CT molecular complexity index is 465. The van der Waals surface area contributed by atoms with E-state index in [1.165, 1.54) is 0 Å². The van der Waals surface area contributed by atoms with Gasteiger partial charge in [0, 0.05) is 33.2 Å². The summed E-state index contributed by atoms with van der Waals surface area (Å²) in [6, 6.07) is 0. The summed E-state index contributed by atoms with van der Waals surface area (Å²) in [7, 11) is 1.78. The smallest absolute Gasteiger partial charge is 0.226 e. The maximum absolute atomic E-state index is 5.74. The molecule has 140 valence electrons. The van der Waals surface area contributed by atoms with Crippen LogP contribution in [0.15, 0.2) is 9.52 Å². The zero-order valence-electron chi connectivity index (χ0n) is 15.5. The second-order valence-corrected chi connectivity index (χ2v) is 5.79. The standard InChI is InChI=1S/C16H31N5O2.HI/c1-6-22-14(12(2)3)9-11-19-16(17-5)18-10-7-8-15-20-13(4)21-23-15;/h12,14H,6-11H2,1-5H3,(H2,17,18,19);1H. The number of guanidine groups is 1. The summed E-state index contributed by atoms with van der Waals surface area (Å²) in [5, 5.41) is 10.4. The van der Waals surface area contributed by atoms with Gasteiger partial charge in [-0.1, -0.05) is 19.0 Å². The molecule has 0 aliphatic carbocycles. The minimum Gasteiger partial charge on any atom is -0.378 e. The second-order valence-electron chi connectivity index (χ2n) is 5.79. The molecule has 0 aliphatic heterocycles. The molecule has 2 N–H and O–H groups in total. The average molecular weight is 453 g/mol. The molecule has 24 heavy (non-hydrogen) atoms. The number of rotatable bonds is 10. The lowest BCUT2D eigenvalue weighted by atomic mass is 10.0. The van der Waals surface area contributed by atoms with E-state index >= 15 is 0 Å². The van der Waals surface area contributed by atoms with Crippen LogP contribution in [0.2, 0.25) is 0 Å². The molecule has 1 heterocycles. The summed E-state index contributed by atoms with van der Waals surface area (Å²) >= 11 is 0. The van der Waals surface area contributed by atoms with E-state index in [1.807, 2.05) is 13.8 Å². The minimum absolute atomic E-state index is 0. The SMILES string of the molecule is CCOC(CCNC(=NC)NCCCc1nc(C)no1)C(C)C.I. The molecule has 1 aromatic rings. The monoisotopic (exact) mass is 453 g/mol. The summed E-state index contributed by atoms with van der Waals surface area (Å²) < 4.78 is 10.8. The Morgan fingerprint density at radius 1 is 1.29 bits per heavy atom. The van der Waals surface area contributed by atoms with Crippen LogP contribution in [0.1, 0.15) is 45.3 Å². The number of nitrogens with one attached hydrogen (secondary N) is 2. The number of halogens is 1. The molecule has 0 aliphatic rings. The van der Waals surface area contributed by atoms with Crippen molar-refractivity contribution in [3.8, 4) is 0 Å². The number of aromatic nitrogens is 2. The van der Waals surface area contributed by atoms with E-state index in [9.17, 15) is 0 Å². The van der Waals surface area contributed by atoms with Crippen LogP contribution >= 0.6 is 24.0 Å². The lowest BCUT2D eigenvalue weighted by Crippen LogP contribution is -2.39. The van der Waals surface area contributed by atoms with Crippen LogP contribution in [0.4, 0.5) is 0 Å². The van der Waals surface area contributed by atoms with Gasteiger partial charge < -0.3 is 19.9 Å². The van der Waals surface area contributed by atoms with Crippen molar-refractivity contribution in [2.45, 2.75) is 53.1 Å². The van der Waals surface area contributed by atoms with Crippen molar-refractivity contribution < 1.29 is 9.26 Å². The van der Waals surface area contributed by atoms with Gasteiger partial charge in [-0.25, -0.2) is 0 Å². The quantitative estimate of drug-likeness (QED) is 0.245. The highest BCUT2D eigenvalue weighted by molar-refractivity contribution is 14.0. The fourth-order valence-electron chi connectivity index (χ4n) is 2.26. The Kier molecular flexibility index (Phi) is 12.9. The zero-order chi connectivity index (χ0) is 17.1. The van der Waals surface area contributed by atoms with Crippen LogP contribution in [0.5, 0.6) is 0 Å². The predicted molar refractivity (Wildman–Crippen MR) is 107 cm³/mol. The van der Waals surface area contributed by atoms with Crippen molar-refractivity contribution in [3.63, 3.8) is 0 Å². The molecule has 0 spiro atoms. The molecule has 8 heteroatoms. The number of aliphatic imine (C=N–C) groups is 1. The summed E-state index contributed by atoms with van der Waals surface area (Å²) in [6.45, 7) is 10.6. The van der Waals surface area contributed by atoms with Gasteiger partial charge in [0.15, 0.2) is 11.8 Å². The third kappa shape index (κ3) is 9.41. The van der Waals surface area contributed by atoms with Crippen LogP contribution < -0.4 is 10.6 Å². The van der Waals surface area contributed by atoms with Crippen molar-refractivity contribution in [1.82, 2.24) is 20.8 Å². The molecule has 7 nitrogen and oxygen atoms in total. The van der Waals surface area contributed by atoms with Crippen LogP contribution in [-0.4, -0.2) is 48.9 Å². The first-order valence-electron chi connectivity index (χ1n) is 8.42. The first-order chi connectivity index (χ1) is 11.1. The van der Waals surface area contributed by atoms with Crippen molar-refractivity contribution in [2.75, 3.05) is 26.7 Å². The Labute approximate surface area is 162 Å². The summed E-state index contributed by atoms with van der Waals surface area (Å²) in [5.74, 6) is 2.69. The van der Waals surface area contributed by atoms with Crippen LogP contribution in [0.25, 0.3) is 0 Å².